The summed E-state index contributed by atoms with van der Waals surface area (Å²) in [6, 6.07) is 16.8. The Kier molecular flexibility index (Phi) is 4.06. The molecule has 0 saturated carbocycles. The summed E-state index contributed by atoms with van der Waals surface area (Å²) in [5, 5.41) is 9.47. The average Bonchev–Trinajstić information content (AvgIpc) is 2.53. The van der Waals surface area contributed by atoms with Crippen molar-refractivity contribution in [2.45, 2.75) is 17.2 Å². The number of benzene rings is 2. The van der Waals surface area contributed by atoms with Gasteiger partial charge in [0.15, 0.2) is 0 Å². The third kappa shape index (κ3) is 2.94. The highest BCUT2D eigenvalue weighted by atomic mass is 32.2. The molecular weight excluding hydrogens is 296 g/mol. The summed E-state index contributed by atoms with van der Waals surface area (Å²) in [5.74, 6) is -0.884. The van der Waals surface area contributed by atoms with Crippen LogP contribution in [0.4, 0.5) is 0 Å². The maximum absolute atomic E-state index is 11.6. The van der Waals surface area contributed by atoms with Crippen LogP contribution in [0.3, 0.4) is 0 Å². The molecule has 3 rings (SSSR count). The van der Waals surface area contributed by atoms with Crippen LogP contribution in [0.15, 0.2) is 59.6 Å². The molecule has 5 heteroatoms. The summed E-state index contributed by atoms with van der Waals surface area (Å²) in [7, 11) is 0. The first kappa shape index (κ1) is 14.5. The highest BCUT2D eigenvalue weighted by Gasteiger charge is 2.23. The molecule has 0 aliphatic heterocycles. The van der Waals surface area contributed by atoms with Gasteiger partial charge in [-0.1, -0.05) is 54.2 Å². The Morgan fingerprint density at radius 3 is 2.23 bits per heavy atom. The molecule has 0 amide bonds. The summed E-state index contributed by atoms with van der Waals surface area (Å²) < 4.78 is 0. The van der Waals surface area contributed by atoms with Crippen molar-refractivity contribution in [3.63, 3.8) is 0 Å². The topological polar surface area (TPSA) is 63.1 Å². The third-order valence-corrected chi connectivity index (χ3v) is 4.58. The van der Waals surface area contributed by atoms with Crippen molar-refractivity contribution in [1.29, 1.82) is 0 Å². The van der Waals surface area contributed by atoms with Crippen molar-refractivity contribution in [1.82, 2.24) is 9.97 Å². The van der Waals surface area contributed by atoms with Gasteiger partial charge in [0.25, 0.3) is 0 Å². The summed E-state index contributed by atoms with van der Waals surface area (Å²) >= 11 is 1.22. The first-order valence-corrected chi connectivity index (χ1v) is 7.71. The lowest BCUT2D eigenvalue weighted by Crippen LogP contribution is -2.09. The molecular formula is C17H14N2O2S. The van der Waals surface area contributed by atoms with Gasteiger partial charge >= 0.3 is 5.97 Å². The number of hydrogen-bond donors (Lipinski definition) is 1. The number of aryl methyl sites for hydroxylation is 1. The van der Waals surface area contributed by atoms with Gasteiger partial charge in [-0.2, -0.15) is 0 Å². The van der Waals surface area contributed by atoms with Crippen molar-refractivity contribution in [3.05, 3.63) is 65.9 Å². The lowest BCUT2D eigenvalue weighted by atomic mass is 10.1. The summed E-state index contributed by atoms with van der Waals surface area (Å²) in [5.41, 5.74) is 3.07. The zero-order valence-electron chi connectivity index (χ0n) is 11.9. The first-order chi connectivity index (χ1) is 10.6. The predicted molar refractivity (Wildman–Crippen MR) is 87.0 cm³/mol. The maximum Gasteiger partial charge on any atom is 0.321 e. The second kappa shape index (κ2) is 6.15. The van der Waals surface area contributed by atoms with E-state index in [-0.39, 0.29) is 0 Å². The van der Waals surface area contributed by atoms with E-state index in [1.54, 1.807) is 0 Å². The van der Waals surface area contributed by atoms with Crippen molar-refractivity contribution < 1.29 is 9.90 Å². The number of carboxylic acids is 1. The minimum Gasteiger partial charge on any atom is -0.480 e. The van der Waals surface area contributed by atoms with Crippen molar-refractivity contribution >= 4 is 28.8 Å². The molecule has 1 atom stereocenters. The summed E-state index contributed by atoms with van der Waals surface area (Å²) in [6.45, 7) is 1.85. The number of thioether (sulfide) groups is 1. The molecule has 1 N–H and O–H groups in total. The van der Waals surface area contributed by atoms with Gasteiger partial charge in [-0.25, -0.2) is 9.97 Å². The fraction of sp³-hybridized carbons (Fsp3) is 0.118. The molecule has 0 bridgehead atoms. The Bertz CT molecular complexity index is 821. The third-order valence-electron chi connectivity index (χ3n) is 3.26. The molecule has 1 aromatic heterocycles. The van der Waals surface area contributed by atoms with Crippen LogP contribution in [-0.4, -0.2) is 21.0 Å². The normalized spacial score (nSPS) is 12.2. The number of hydrogen-bond acceptors (Lipinski definition) is 4. The van der Waals surface area contributed by atoms with E-state index in [0.717, 1.165) is 22.3 Å². The number of rotatable bonds is 4. The maximum atomic E-state index is 11.6. The van der Waals surface area contributed by atoms with Gasteiger partial charge < -0.3 is 5.11 Å². The molecule has 0 unspecified atom stereocenters. The fourth-order valence-corrected chi connectivity index (χ4v) is 3.17. The highest BCUT2D eigenvalue weighted by molar-refractivity contribution is 8.00. The largest absolute Gasteiger partial charge is 0.480 e. The molecule has 0 spiro atoms. The van der Waals surface area contributed by atoms with E-state index in [1.165, 1.54) is 11.8 Å². The number of carbonyl (C=O) groups is 1. The Balaban J connectivity index is 2.00. The minimum absolute atomic E-state index is 0.648. The number of nitrogens with zero attached hydrogens (tertiary/aromatic N) is 2. The average molecular weight is 310 g/mol. The van der Waals surface area contributed by atoms with E-state index in [9.17, 15) is 9.90 Å². The number of para-hydroxylation sites is 2. The Labute approximate surface area is 132 Å². The minimum atomic E-state index is -0.884. The van der Waals surface area contributed by atoms with Gasteiger partial charge in [-0.3, -0.25) is 4.79 Å². The van der Waals surface area contributed by atoms with E-state index >= 15 is 0 Å². The quantitative estimate of drug-likeness (QED) is 0.741. The molecule has 1 heterocycles. The van der Waals surface area contributed by atoms with Crippen LogP contribution in [0, 0.1) is 6.92 Å². The molecule has 0 fully saturated rings. The number of fused-ring (bicyclic) bond motifs is 1. The van der Waals surface area contributed by atoms with Crippen LogP contribution in [-0.2, 0) is 4.79 Å². The van der Waals surface area contributed by atoms with Crippen molar-refractivity contribution in [2.75, 3.05) is 0 Å². The van der Waals surface area contributed by atoms with Crippen molar-refractivity contribution in [2.24, 2.45) is 0 Å². The summed E-state index contributed by atoms with van der Waals surface area (Å²) in [6.07, 6.45) is 0. The second-order valence-electron chi connectivity index (χ2n) is 4.85. The van der Waals surface area contributed by atoms with Gasteiger partial charge in [-0.05, 0) is 24.6 Å². The van der Waals surface area contributed by atoms with Crippen LogP contribution >= 0.6 is 11.8 Å². The van der Waals surface area contributed by atoms with Gasteiger partial charge in [0, 0.05) is 0 Å². The second-order valence-corrected chi connectivity index (χ2v) is 5.94. The highest BCUT2D eigenvalue weighted by Crippen LogP contribution is 2.36. The van der Waals surface area contributed by atoms with Crippen LogP contribution in [0.2, 0.25) is 0 Å². The lowest BCUT2D eigenvalue weighted by molar-refractivity contribution is -0.136. The van der Waals surface area contributed by atoms with Gasteiger partial charge in [0.05, 0.1) is 16.7 Å². The predicted octanol–water partition coefficient (Wildman–Crippen LogP) is 3.86. The molecule has 0 radical (unpaired) electrons. The van der Waals surface area contributed by atoms with Gasteiger partial charge in [-0.15, -0.1) is 0 Å². The first-order valence-electron chi connectivity index (χ1n) is 6.83. The van der Waals surface area contributed by atoms with E-state index < -0.39 is 11.2 Å². The fourth-order valence-electron chi connectivity index (χ4n) is 2.18. The van der Waals surface area contributed by atoms with Crippen LogP contribution in [0.25, 0.3) is 11.0 Å². The monoisotopic (exact) mass is 310 g/mol. The Hall–Kier alpha value is -2.40. The smallest absolute Gasteiger partial charge is 0.321 e. The van der Waals surface area contributed by atoms with Gasteiger partial charge in [0.2, 0.25) is 0 Å². The molecule has 0 aliphatic carbocycles. The number of aromatic nitrogens is 2. The van der Waals surface area contributed by atoms with E-state index in [4.69, 9.17) is 0 Å². The Morgan fingerprint density at radius 2 is 1.59 bits per heavy atom. The van der Waals surface area contributed by atoms with E-state index in [1.807, 2.05) is 61.5 Å². The molecule has 0 aliphatic rings. The molecule has 4 nitrogen and oxygen atoms in total. The molecule has 0 saturated heterocycles. The molecule has 22 heavy (non-hydrogen) atoms. The van der Waals surface area contributed by atoms with E-state index in [2.05, 4.69) is 9.97 Å². The van der Waals surface area contributed by atoms with Crippen LogP contribution < -0.4 is 0 Å². The van der Waals surface area contributed by atoms with Crippen molar-refractivity contribution in [3.8, 4) is 0 Å². The SMILES string of the molecule is Cc1nc2ccccc2nc1S[C@H](C(=O)O)c1ccccc1. The molecule has 2 aromatic carbocycles. The van der Waals surface area contributed by atoms with Crippen LogP contribution in [0.1, 0.15) is 16.5 Å². The molecule has 3 aromatic rings. The van der Waals surface area contributed by atoms with Crippen LogP contribution in [0.5, 0.6) is 0 Å². The van der Waals surface area contributed by atoms with Gasteiger partial charge in [0.1, 0.15) is 10.3 Å². The Morgan fingerprint density at radius 1 is 1.00 bits per heavy atom. The summed E-state index contributed by atoms with van der Waals surface area (Å²) in [4.78, 5) is 20.7. The zero-order valence-corrected chi connectivity index (χ0v) is 12.7. The molecule has 110 valence electrons. The number of aliphatic carboxylic acids is 1. The number of carboxylic acid groups (broad SMARTS) is 1. The zero-order chi connectivity index (χ0) is 15.5. The van der Waals surface area contributed by atoms with E-state index in [0.29, 0.717) is 5.03 Å². The lowest BCUT2D eigenvalue weighted by Gasteiger charge is -2.13. The standard InChI is InChI=1S/C17H14N2O2S/c1-11-16(19-14-10-6-5-9-13(14)18-11)22-15(17(20)21)12-7-3-2-4-8-12/h2-10,15H,1H3,(H,20,21)/t15-/m0/s1.